The predicted molar refractivity (Wildman–Crippen MR) is 69.0 cm³/mol. The second-order valence-corrected chi connectivity index (χ2v) is 4.84. The Balaban J connectivity index is 1.93. The molecule has 82 valence electrons. The van der Waals surface area contributed by atoms with Gasteiger partial charge in [0.05, 0.1) is 11.2 Å². The van der Waals surface area contributed by atoms with E-state index in [1.54, 1.807) is 11.3 Å². The van der Waals surface area contributed by atoms with Gasteiger partial charge >= 0.3 is 0 Å². The highest BCUT2D eigenvalue weighted by Crippen LogP contribution is 2.26. The number of hydrogen-bond donors (Lipinski definition) is 0. The van der Waals surface area contributed by atoms with E-state index in [9.17, 15) is 0 Å². The van der Waals surface area contributed by atoms with E-state index in [0.717, 1.165) is 5.69 Å². The molecule has 1 aliphatic heterocycles. The lowest BCUT2D eigenvalue weighted by atomic mass is 10.1. The lowest BCUT2D eigenvalue weighted by Gasteiger charge is -2.17. The minimum Gasteiger partial charge on any atom is -0.372 e. The highest BCUT2D eigenvalue weighted by molar-refractivity contribution is 7.07. The Morgan fingerprint density at radius 2 is 2.06 bits per heavy atom. The van der Waals surface area contributed by atoms with Crippen LogP contribution in [0.25, 0.3) is 11.3 Å². The third kappa shape index (κ3) is 1.83. The van der Waals surface area contributed by atoms with Crippen LogP contribution in [0.5, 0.6) is 0 Å². The van der Waals surface area contributed by atoms with E-state index in [4.69, 9.17) is 0 Å². The lowest BCUT2D eigenvalue weighted by molar-refractivity contribution is 0.949. The SMILES string of the molecule is c1cc(-c2cscn2)cc(N2CCCC2)c1. The van der Waals surface area contributed by atoms with Gasteiger partial charge < -0.3 is 4.90 Å². The van der Waals surface area contributed by atoms with Crippen molar-refractivity contribution in [2.75, 3.05) is 18.0 Å². The molecule has 0 radical (unpaired) electrons. The van der Waals surface area contributed by atoms with Gasteiger partial charge in [-0.05, 0) is 25.0 Å². The normalized spacial score (nSPS) is 15.6. The molecular formula is C13H14N2S. The molecule has 2 heterocycles. The lowest BCUT2D eigenvalue weighted by Crippen LogP contribution is -2.17. The fourth-order valence-electron chi connectivity index (χ4n) is 2.19. The van der Waals surface area contributed by atoms with Crippen LogP contribution in [0.15, 0.2) is 35.2 Å². The molecule has 0 bridgehead atoms. The molecule has 0 aliphatic carbocycles. The van der Waals surface area contributed by atoms with Crippen LogP contribution in [0.4, 0.5) is 5.69 Å². The second kappa shape index (κ2) is 4.26. The van der Waals surface area contributed by atoms with E-state index in [1.165, 1.54) is 37.2 Å². The van der Waals surface area contributed by atoms with Gasteiger partial charge in [-0.3, -0.25) is 0 Å². The third-order valence-corrected chi connectivity index (χ3v) is 3.63. The number of anilines is 1. The van der Waals surface area contributed by atoms with Crippen molar-refractivity contribution in [3.8, 4) is 11.3 Å². The van der Waals surface area contributed by atoms with Crippen LogP contribution in [0.1, 0.15) is 12.8 Å². The summed E-state index contributed by atoms with van der Waals surface area (Å²) in [6, 6.07) is 8.71. The number of rotatable bonds is 2. The largest absolute Gasteiger partial charge is 0.372 e. The summed E-state index contributed by atoms with van der Waals surface area (Å²) in [5.74, 6) is 0. The van der Waals surface area contributed by atoms with Crippen molar-refractivity contribution in [1.29, 1.82) is 0 Å². The van der Waals surface area contributed by atoms with Crippen LogP contribution in [0, 0.1) is 0 Å². The zero-order chi connectivity index (χ0) is 10.8. The summed E-state index contributed by atoms with van der Waals surface area (Å²) in [5.41, 5.74) is 5.54. The maximum absolute atomic E-state index is 4.35. The standard InChI is InChI=1S/C13H14N2S/c1-2-7-15(6-1)12-5-3-4-11(8-12)13-9-16-10-14-13/h3-5,8-10H,1-2,6-7H2. The molecule has 0 unspecified atom stereocenters. The summed E-state index contributed by atoms with van der Waals surface area (Å²) < 4.78 is 0. The van der Waals surface area contributed by atoms with Crippen molar-refractivity contribution in [1.82, 2.24) is 4.98 Å². The highest BCUT2D eigenvalue weighted by atomic mass is 32.1. The predicted octanol–water partition coefficient (Wildman–Crippen LogP) is 3.41. The van der Waals surface area contributed by atoms with Crippen LogP contribution in [-0.2, 0) is 0 Å². The fourth-order valence-corrected chi connectivity index (χ4v) is 2.75. The van der Waals surface area contributed by atoms with Crippen molar-refractivity contribution in [3.05, 3.63) is 35.2 Å². The van der Waals surface area contributed by atoms with Crippen molar-refractivity contribution in [2.45, 2.75) is 12.8 Å². The summed E-state index contributed by atoms with van der Waals surface area (Å²) in [4.78, 5) is 6.81. The maximum Gasteiger partial charge on any atom is 0.0811 e. The summed E-state index contributed by atoms with van der Waals surface area (Å²) >= 11 is 1.65. The summed E-state index contributed by atoms with van der Waals surface area (Å²) in [5, 5.41) is 2.10. The first-order chi connectivity index (χ1) is 7.93. The van der Waals surface area contributed by atoms with Gasteiger partial charge in [0.2, 0.25) is 0 Å². The molecule has 0 atom stereocenters. The number of thiazole rings is 1. The Labute approximate surface area is 99.6 Å². The maximum atomic E-state index is 4.35. The van der Waals surface area contributed by atoms with Crippen LogP contribution >= 0.6 is 11.3 Å². The van der Waals surface area contributed by atoms with Crippen LogP contribution in [0.2, 0.25) is 0 Å². The molecule has 16 heavy (non-hydrogen) atoms. The van der Waals surface area contributed by atoms with Gasteiger partial charge in [0.15, 0.2) is 0 Å². The molecule has 1 aromatic heterocycles. The number of benzene rings is 1. The Bertz CT molecular complexity index is 459. The van der Waals surface area contributed by atoms with Crippen LogP contribution in [-0.4, -0.2) is 18.1 Å². The van der Waals surface area contributed by atoms with E-state index >= 15 is 0 Å². The average molecular weight is 230 g/mol. The van der Waals surface area contributed by atoms with Gasteiger partial charge in [-0.15, -0.1) is 11.3 Å². The van der Waals surface area contributed by atoms with Crippen molar-refractivity contribution >= 4 is 17.0 Å². The van der Waals surface area contributed by atoms with Crippen molar-refractivity contribution in [3.63, 3.8) is 0 Å². The smallest absolute Gasteiger partial charge is 0.0811 e. The Kier molecular flexibility index (Phi) is 2.62. The van der Waals surface area contributed by atoms with E-state index < -0.39 is 0 Å². The van der Waals surface area contributed by atoms with Crippen molar-refractivity contribution in [2.24, 2.45) is 0 Å². The minimum atomic E-state index is 1.09. The zero-order valence-electron chi connectivity index (χ0n) is 9.10. The van der Waals surface area contributed by atoms with Gasteiger partial charge in [-0.2, -0.15) is 0 Å². The highest BCUT2D eigenvalue weighted by Gasteiger charge is 2.12. The third-order valence-electron chi connectivity index (χ3n) is 3.05. The first kappa shape index (κ1) is 9.85. The first-order valence-electron chi connectivity index (χ1n) is 5.67. The summed E-state index contributed by atoms with van der Waals surface area (Å²) in [6.07, 6.45) is 2.64. The van der Waals surface area contributed by atoms with Gasteiger partial charge in [0, 0.05) is 29.7 Å². The molecule has 1 aromatic carbocycles. The Morgan fingerprint density at radius 1 is 1.19 bits per heavy atom. The van der Waals surface area contributed by atoms with E-state index in [1.807, 2.05) is 5.51 Å². The first-order valence-corrected chi connectivity index (χ1v) is 6.61. The quantitative estimate of drug-likeness (QED) is 0.786. The molecule has 0 spiro atoms. The molecule has 1 fully saturated rings. The van der Waals surface area contributed by atoms with Crippen molar-refractivity contribution < 1.29 is 0 Å². The average Bonchev–Trinajstić information content (AvgIpc) is 3.03. The van der Waals surface area contributed by atoms with Crippen LogP contribution in [0.3, 0.4) is 0 Å². The van der Waals surface area contributed by atoms with Gasteiger partial charge in [0.25, 0.3) is 0 Å². The number of nitrogens with zero attached hydrogens (tertiary/aromatic N) is 2. The molecule has 2 nitrogen and oxygen atoms in total. The van der Waals surface area contributed by atoms with Crippen LogP contribution < -0.4 is 4.90 Å². The molecule has 0 amide bonds. The second-order valence-electron chi connectivity index (χ2n) is 4.12. The number of hydrogen-bond acceptors (Lipinski definition) is 3. The molecule has 0 N–H and O–H groups in total. The van der Waals surface area contributed by atoms with Gasteiger partial charge in [0.1, 0.15) is 0 Å². The van der Waals surface area contributed by atoms with E-state index in [2.05, 4.69) is 39.5 Å². The Hall–Kier alpha value is -1.35. The topological polar surface area (TPSA) is 16.1 Å². The molecule has 2 aromatic rings. The van der Waals surface area contributed by atoms with Gasteiger partial charge in [-0.25, -0.2) is 4.98 Å². The molecule has 1 aliphatic rings. The van der Waals surface area contributed by atoms with Gasteiger partial charge in [-0.1, -0.05) is 12.1 Å². The Morgan fingerprint density at radius 3 is 2.81 bits per heavy atom. The molecule has 0 saturated carbocycles. The zero-order valence-corrected chi connectivity index (χ0v) is 9.91. The fraction of sp³-hybridized carbons (Fsp3) is 0.308. The molecular weight excluding hydrogens is 216 g/mol. The van der Waals surface area contributed by atoms with E-state index in [-0.39, 0.29) is 0 Å². The molecule has 3 rings (SSSR count). The molecule has 1 saturated heterocycles. The number of aromatic nitrogens is 1. The monoisotopic (exact) mass is 230 g/mol. The minimum absolute atomic E-state index is 1.09. The molecule has 3 heteroatoms. The summed E-state index contributed by atoms with van der Waals surface area (Å²) in [6.45, 7) is 2.39. The van der Waals surface area contributed by atoms with E-state index in [0.29, 0.717) is 0 Å². The summed E-state index contributed by atoms with van der Waals surface area (Å²) in [7, 11) is 0.